The van der Waals surface area contributed by atoms with Gasteiger partial charge in [-0.25, -0.2) is 4.79 Å². The quantitative estimate of drug-likeness (QED) is 0.425. The predicted molar refractivity (Wildman–Crippen MR) is 137 cm³/mol. The highest BCUT2D eigenvalue weighted by atomic mass is 19.3. The number of carbonyl (C=O) groups is 2. The molecule has 1 fully saturated rings. The van der Waals surface area contributed by atoms with Gasteiger partial charge >= 0.3 is 12.6 Å². The highest BCUT2D eigenvalue weighted by molar-refractivity contribution is 6.08. The van der Waals surface area contributed by atoms with E-state index in [1.807, 2.05) is 44.3 Å². The molecule has 3 amide bonds. The van der Waals surface area contributed by atoms with Gasteiger partial charge in [0.15, 0.2) is 0 Å². The summed E-state index contributed by atoms with van der Waals surface area (Å²) >= 11 is 0. The molecule has 2 aliphatic rings. The van der Waals surface area contributed by atoms with E-state index >= 15 is 0 Å². The lowest BCUT2D eigenvalue weighted by Gasteiger charge is -2.42. The number of ether oxygens (including phenoxy) is 1. The minimum absolute atomic E-state index is 0.0536. The summed E-state index contributed by atoms with van der Waals surface area (Å²) in [6, 6.07) is 13.9. The Morgan fingerprint density at radius 3 is 2.57 bits per heavy atom. The van der Waals surface area contributed by atoms with Crippen LogP contribution in [0.5, 0.6) is 5.75 Å². The van der Waals surface area contributed by atoms with Crippen LogP contribution in [0.25, 0.3) is 10.9 Å². The predicted octanol–water partition coefficient (Wildman–Crippen LogP) is 5.17. The van der Waals surface area contributed by atoms with Crippen LogP contribution in [0, 0.1) is 0 Å². The number of amides is 3. The minimum Gasteiger partial charge on any atom is -0.435 e. The van der Waals surface area contributed by atoms with Crippen LogP contribution in [-0.2, 0) is 11.2 Å². The second kappa shape index (κ2) is 9.45. The van der Waals surface area contributed by atoms with Crippen LogP contribution >= 0.6 is 0 Å². The first-order valence-electron chi connectivity index (χ1n) is 12.6. The van der Waals surface area contributed by atoms with E-state index in [9.17, 15) is 18.4 Å². The Morgan fingerprint density at radius 2 is 1.89 bits per heavy atom. The lowest BCUT2D eigenvalue weighted by Crippen LogP contribution is -2.53. The van der Waals surface area contributed by atoms with Crippen molar-refractivity contribution in [3.8, 4) is 5.75 Å². The summed E-state index contributed by atoms with van der Waals surface area (Å²) in [4.78, 5) is 36.4. The lowest BCUT2D eigenvalue weighted by atomic mass is 9.81. The van der Waals surface area contributed by atoms with Crippen molar-refractivity contribution in [1.29, 1.82) is 0 Å². The third-order valence-electron chi connectivity index (χ3n) is 7.75. The minimum atomic E-state index is -2.94. The molecule has 1 aromatic heterocycles. The first-order chi connectivity index (χ1) is 17.6. The molecule has 0 bridgehead atoms. The van der Waals surface area contributed by atoms with E-state index in [1.165, 1.54) is 11.0 Å². The zero-order chi connectivity index (χ0) is 26.5. The fourth-order valence-corrected chi connectivity index (χ4v) is 5.58. The first-order valence-corrected chi connectivity index (χ1v) is 12.6. The average Bonchev–Trinajstić information content (AvgIpc) is 3.30. The van der Waals surface area contributed by atoms with Crippen LogP contribution in [0.2, 0.25) is 0 Å². The van der Waals surface area contributed by atoms with E-state index in [4.69, 9.17) is 0 Å². The molecule has 0 saturated carbocycles. The summed E-state index contributed by atoms with van der Waals surface area (Å²) in [7, 11) is 2.03. The molecular weight excluding hydrogens is 478 g/mol. The van der Waals surface area contributed by atoms with Crippen molar-refractivity contribution >= 4 is 22.8 Å². The molecule has 0 aliphatic carbocycles. The number of aromatic nitrogens is 1. The molecule has 0 unspecified atom stereocenters. The van der Waals surface area contributed by atoms with E-state index < -0.39 is 18.2 Å². The summed E-state index contributed by atoms with van der Waals surface area (Å²) in [5, 5.41) is 0.715. The van der Waals surface area contributed by atoms with Gasteiger partial charge in [-0.05, 0) is 70.1 Å². The average molecular weight is 511 g/mol. The van der Waals surface area contributed by atoms with Crippen molar-refractivity contribution in [3.05, 3.63) is 65.4 Å². The zero-order valence-electron chi connectivity index (χ0n) is 21.5. The Morgan fingerprint density at radius 1 is 1.16 bits per heavy atom. The maximum Gasteiger partial charge on any atom is 0.387 e. The third-order valence-corrected chi connectivity index (χ3v) is 7.75. The van der Waals surface area contributed by atoms with Gasteiger partial charge in [-0.2, -0.15) is 8.78 Å². The van der Waals surface area contributed by atoms with Crippen LogP contribution in [0.1, 0.15) is 50.1 Å². The van der Waals surface area contributed by atoms with Gasteiger partial charge in [0, 0.05) is 35.6 Å². The molecule has 196 valence electrons. The smallest absolute Gasteiger partial charge is 0.387 e. The molecule has 2 aliphatic heterocycles. The number of aromatic amines is 1. The van der Waals surface area contributed by atoms with Crippen molar-refractivity contribution in [2.24, 2.45) is 0 Å². The van der Waals surface area contributed by atoms with Crippen LogP contribution in [0.4, 0.5) is 13.6 Å². The van der Waals surface area contributed by atoms with Crippen molar-refractivity contribution in [1.82, 2.24) is 19.7 Å². The van der Waals surface area contributed by atoms with Crippen LogP contribution < -0.4 is 4.74 Å². The number of nitrogens with zero attached hydrogens (tertiary/aromatic N) is 3. The molecule has 1 saturated heterocycles. The Labute approximate surface area is 215 Å². The summed E-state index contributed by atoms with van der Waals surface area (Å²) in [6.45, 7) is 4.19. The van der Waals surface area contributed by atoms with Crippen LogP contribution in [0.15, 0.2) is 48.5 Å². The van der Waals surface area contributed by atoms with Crippen molar-refractivity contribution < 1.29 is 23.1 Å². The standard InChI is InChI=1S/C28H32F2N4O3/c1-17(2)32(4)13-8-14-33-25(35)28(3)16-21-20-15-19(37-26(29)30)11-12-22(20)31-23(21)24(34(28)27(33)36)18-9-6-5-7-10-18/h5-7,9-12,15,17,24,26,31H,8,13-14,16H2,1-4H3/t24-,28+/m1/s1. The highest BCUT2D eigenvalue weighted by Crippen LogP contribution is 2.49. The van der Waals surface area contributed by atoms with Crippen LogP contribution in [-0.4, -0.2) is 70.0 Å². The number of urea groups is 1. The SMILES string of the molecule is CC(C)N(C)CCCN1C(=O)N2[C@H](c3ccccc3)c3[nH]c4ccc(OC(F)F)cc4c3C[C@@]2(C)C1=O. The second-order valence-electron chi connectivity index (χ2n) is 10.4. The molecule has 0 radical (unpaired) electrons. The Balaban J connectivity index is 1.57. The number of alkyl halides is 2. The normalized spacial score (nSPS) is 21.5. The first kappa shape index (κ1) is 25.2. The Kier molecular flexibility index (Phi) is 6.43. The van der Waals surface area contributed by atoms with E-state index in [1.54, 1.807) is 17.0 Å². The van der Waals surface area contributed by atoms with E-state index in [0.717, 1.165) is 28.9 Å². The molecule has 3 heterocycles. The van der Waals surface area contributed by atoms with Crippen molar-refractivity contribution in [2.45, 2.75) is 57.8 Å². The maximum atomic E-state index is 13.9. The molecule has 37 heavy (non-hydrogen) atoms. The molecule has 3 aromatic rings. The number of benzene rings is 2. The Hall–Kier alpha value is -3.46. The number of fused-ring (bicyclic) bond motifs is 4. The summed E-state index contributed by atoms with van der Waals surface area (Å²) in [5.41, 5.74) is 2.13. The number of imide groups is 1. The van der Waals surface area contributed by atoms with Crippen molar-refractivity contribution in [3.63, 3.8) is 0 Å². The number of hydrogen-bond acceptors (Lipinski definition) is 4. The molecule has 2 aromatic carbocycles. The van der Waals surface area contributed by atoms with E-state index in [-0.39, 0.29) is 24.1 Å². The lowest BCUT2D eigenvalue weighted by molar-refractivity contribution is -0.133. The monoisotopic (exact) mass is 510 g/mol. The van der Waals surface area contributed by atoms with Gasteiger partial charge in [0.25, 0.3) is 5.91 Å². The molecule has 1 N–H and O–H groups in total. The van der Waals surface area contributed by atoms with Crippen molar-refractivity contribution in [2.75, 3.05) is 20.1 Å². The molecule has 7 nitrogen and oxygen atoms in total. The van der Waals surface area contributed by atoms with Gasteiger partial charge in [0.2, 0.25) is 0 Å². The van der Waals surface area contributed by atoms with E-state index in [0.29, 0.717) is 24.4 Å². The Bertz CT molecular complexity index is 1330. The largest absolute Gasteiger partial charge is 0.435 e. The molecule has 9 heteroatoms. The molecule has 5 rings (SSSR count). The topological polar surface area (TPSA) is 68.9 Å². The molecule has 0 spiro atoms. The van der Waals surface area contributed by atoms with E-state index in [2.05, 4.69) is 28.5 Å². The van der Waals surface area contributed by atoms with Crippen LogP contribution in [0.3, 0.4) is 0 Å². The van der Waals surface area contributed by atoms with Gasteiger partial charge in [-0.3, -0.25) is 14.6 Å². The van der Waals surface area contributed by atoms with Gasteiger partial charge in [0.05, 0.1) is 0 Å². The summed E-state index contributed by atoms with van der Waals surface area (Å²) in [5.74, 6) is -0.177. The van der Waals surface area contributed by atoms with Gasteiger partial charge in [-0.1, -0.05) is 30.3 Å². The fourth-order valence-electron chi connectivity index (χ4n) is 5.58. The maximum absolute atomic E-state index is 13.9. The number of halogens is 2. The fraction of sp³-hybridized carbons (Fsp3) is 0.429. The number of rotatable bonds is 8. The van der Waals surface area contributed by atoms with Gasteiger partial charge in [0.1, 0.15) is 17.3 Å². The number of carbonyl (C=O) groups excluding carboxylic acids is 2. The zero-order valence-corrected chi connectivity index (χ0v) is 21.5. The number of hydrogen-bond donors (Lipinski definition) is 1. The summed E-state index contributed by atoms with van der Waals surface area (Å²) in [6.07, 6.45) is 0.950. The van der Waals surface area contributed by atoms with Gasteiger partial charge < -0.3 is 14.6 Å². The molecule has 2 atom stereocenters. The summed E-state index contributed by atoms with van der Waals surface area (Å²) < 4.78 is 30.5. The molecular formula is C28H32F2N4O3. The second-order valence-corrected chi connectivity index (χ2v) is 10.4. The number of H-pyrrole nitrogens is 1. The highest BCUT2D eigenvalue weighted by Gasteiger charge is 2.60. The third kappa shape index (κ3) is 4.25. The van der Waals surface area contributed by atoms with Gasteiger partial charge in [-0.15, -0.1) is 0 Å². The number of nitrogens with one attached hydrogen (secondary N) is 1.